The fraction of sp³-hybridized carbons (Fsp3) is 0.211. The number of hydrogen-bond donors (Lipinski definition) is 1. The van der Waals surface area contributed by atoms with Crippen LogP contribution in [0.4, 0.5) is 0 Å². The Kier molecular flexibility index (Phi) is 7.36. The van der Waals surface area contributed by atoms with Gasteiger partial charge >= 0.3 is 5.97 Å². The average molecular weight is 326 g/mol. The second kappa shape index (κ2) is 9.25. The van der Waals surface area contributed by atoms with Gasteiger partial charge in [-0.3, -0.25) is 0 Å². The molecule has 0 atom stereocenters. The van der Waals surface area contributed by atoms with E-state index in [0.717, 1.165) is 5.57 Å². The van der Waals surface area contributed by atoms with E-state index in [1.165, 1.54) is 17.7 Å². The van der Waals surface area contributed by atoms with Gasteiger partial charge in [0.25, 0.3) is 0 Å². The SMILES string of the molecule is C=C.CC(C)=C/C=C(\C)Cc1nc(-c2cccc(C(=O)O)c2)no1. The van der Waals surface area contributed by atoms with Crippen molar-refractivity contribution in [1.29, 1.82) is 0 Å². The molecule has 0 bridgehead atoms. The quantitative estimate of drug-likeness (QED) is 0.637. The number of aromatic carboxylic acids is 1. The predicted molar refractivity (Wildman–Crippen MR) is 94.8 cm³/mol. The van der Waals surface area contributed by atoms with Gasteiger partial charge in [0.05, 0.1) is 5.56 Å². The van der Waals surface area contributed by atoms with Crippen LogP contribution in [0.2, 0.25) is 0 Å². The minimum Gasteiger partial charge on any atom is -0.478 e. The highest BCUT2D eigenvalue weighted by Crippen LogP contribution is 2.18. The molecule has 1 aromatic carbocycles. The van der Waals surface area contributed by atoms with Crippen molar-refractivity contribution in [2.24, 2.45) is 0 Å². The van der Waals surface area contributed by atoms with Crippen LogP contribution in [0.25, 0.3) is 11.4 Å². The van der Waals surface area contributed by atoms with Gasteiger partial charge < -0.3 is 9.63 Å². The van der Waals surface area contributed by atoms with Gasteiger partial charge in [-0.2, -0.15) is 4.98 Å². The number of carboxylic acids is 1. The van der Waals surface area contributed by atoms with Gasteiger partial charge in [0, 0.05) is 12.0 Å². The molecule has 0 unspecified atom stereocenters. The number of hydrogen-bond acceptors (Lipinski definition) is 4. The van der Waals surface area contributed by atoms with Crippen LogP contribution < -0.4 is 0 Å². The molecule has 0 radical (unpaired) electrons. The van der Waals surface area contributed by atoms with E-state index in [4.69, 9.17) is 9.63 Å². The summed E-state index contributed by atoms with van der Waals surface area (Å²) in [5.74, 6) is -0.0779. The standard InChI is InChI=1S/C17H18N2O3.C2H4/c1-11(2)7-8-12(3)9-15-18-16(19-22-15)13-5-4-6-14(10-13)17(20)21;1-2/h4-8,10H,9H2,1-3H3,(H,20,21);1-2H2/b12-8+;. The van der Waals surface area contributed by atoms with Crippen molar-refractivity contribution in [2.75, 3.05) is 0 Å². The maximum atomic E-state index is 11.0. The zero-order chi connectivity index (χ0) is 18.1. The molecular weight excluding hydrogens is 304 g/mol. The van der Waals surface area contributed by atoms with Crippen molar-refractivity contribution in [3.63, 3.8) is 0 Å². The van der Waals surface area contributed by atoms with Crippen LogP contribution in [-0.2, 0) is 6.42 Å². The van der Waals surface area contributed by atoms with Gasteiger partial charge in [0.2, 0.25) is 11.7 Å². The lowest BCUT2D eigenvalue weighted by atomic mass is 10.1. The molecule has 0 aliphatic heterocycles. The van der Waals surface area contributed by atoms with Crippen LogP contribution in [-0.4, -0.2) is 21.2 Å². The number of allylic oxidation sites excluding steroid dienone is 4. The normalized spacial score (nSPS) is 10.5. The third-order valence-electron chi connectivity index (χ3n) is 2.97. The summed E-state index contributed by atoms with van der Waals surface area (Å²) in [5, 5.41) is 12.9. The van der Waals surface area contributed by atoms with E-state index in [2.05, 4.69) is 23.3 Å². The first-order chi connectivity index (χ1) is 11.5. The second-order valence-electron chi connectivity index (χ2n) is 5.33. The van der Waals surface area contributed by atoms with E-state index in [-0.39, 0.29) is 5.56 Å². The molecule has 1 N–H and O–H groups in total. The summed E-state index contributed by atoms with van der Waals surface area (Å²) in [6, 6.07) is 6.48. The van der Waals surface area contributed by atoms with Crippen LogP contribution in [0.3, 0.4) is 0 Å². The van der Waals surface area contributed by atoms with Crippen LogP contribution in [0.5, 0.6) is 0 Å². The monoisotopic (exact) mass is 326 g/mol. The second-order valence-corrected chi connectivity index (χ2v) is 5.33. The van der Waals surface area contributed by atoms with E-state index in [0.29, 0.717) is 23.7 Å². The van der Waals surface area contributed by atoms with Crippen molar-refractivity contribution in [3.05, 3.63) is 72.2 Å². The Labute approximate surface area is 142 Å². The van der Waals surface area contributed by atoms with E-state index >= 15 is 0 Å². The van der Waals surface area contributed by atoms with Gasteiger partial charge in [0.1, 0.15) is 0 Å². The van der Waals surface area contributed by atoms with Crippen LogP contribution in [0, 0.1) is 0 Å². The highest BCUT2D eigenvalue weighted by atomic mass is 16.5. The van der Waals surface area contributed by atoms with Crippen molar-refractivity contribution in [3.8, 4) is 11.4 Å². The lowest BCUT2D eigenvalue weighted by Gasteiger charge is -1.97. The van der Waals surface area contributed by atoms with Gasteiger partial charge in [-0.15, -0.1) is 13.2 Å². The highest BCUT2D eigenvalue weighted by molar-refractivity contribution is 5.89. The summed E-state index contributed by atoms with van der Waals surface area (Å²) in [7, 11) is 0. The fourth-order valence-electron chi connectivity index (χ4n) is 1.84. The average Bonchev–Trinajstić information content (AvgIpc) is 3.03. The number of benzene rings is 1. The lowest BCUT2D eigenvalue weighted by molar-refractivity contribution is 0.0697. The number of aromatic nitrogens is 2. The summed E-state index contributed by atoms with van der Waals surface area (Å²) < 4.78 is 5.23. The Morgan fingerprint density at radius 1 is 1.25 bits per heavy atom. The first kappa shape index (κ1) is 19.1. The number of nitrogens with zero attached hydrogens (tertiary/aromatic N) is 2. The van der Waals surface area contributed by atoms with Gasteiger partial charge in [-0.05, 0) is 32.9 Å². The Balaban J connectivity index is 0.00000139. The van der Waals surface area contributed by atoms with Crippen LogP contribution >= 0.6 is 0 Å². The zero-order valence-electron chi connectivity index (χ0n) is 14.2. The predicted octanol–water partition coefficient (Wildman–Crippen LogP) is 4.69. The molecule has 0 aliphatic carbocycles. The molecule has 5 nitrogen and oxygen atoms in total. The highest BCUT2D eigenvalue weighted by Gasteiger charge is 2.11. The molecule has 126 valence electrons. The summed E-state index contributed by atoms with van der Waals surface area (Å²) in [6.07, 6.45) is 4.61. The minimum atomic E-state index is -0.980. The van der Waals surface area contributed by atoms with E-state index < -0.39 is 5.97 Å². The minimum absolute atomic E-state index is 0.198. The van der Waals surface area contributed by atoms with Gasteiger partial charge in [0.15, 0.2) is 0 Å². The van der Waals surface area contributed by atoms with Gasteiger partial charge in [-0.1, -0.05) is 40.6 Å². The van der Waals surface area contributed by atoms with Crippen molar-refractivity contribution in [2.45, 2.75) is 27.2 Å². The topological polar surface area (TPSA) is 76.2 Å². The van der Waals surface area contributed by atoms with Crippen molar-refractivity contribution >= 4 is 5.97 Å². The van der Waals surface area contributed by atoms with E-state index in [9.17, 15) is 4.79 Å². The van der Waals surface area contributed by atoms with Crippen LogP contribution in [0.15, 0.2) is 65.2 Å². The molecule has 2 rings (SSSR count). The van der Waals surface area contributed by atoms with Crippen molar-refractivity contribution < 1.29 is 14.4 Å². The molecule has 2 aromatic rings. The maximum Gasteiger partial charge on any atom is 0.335 e. The summed E-state index contributed by atoms with van der Waals surface area (Å²) in [5.41, 5.74) is 3.15. The zero-order valence-corrected chi connectivity index (χ0v) is 14.2. The Morgan fingerprint density at radius 3 is 2.58 bits per heavy atom. The summed E-state index contributed by atoms with van der Waals surface area (Å²) in [6.45, 7) is 12.1. The number of carboxylic acid groups (broad SMARTS) is 1. The van der Waals surface area contributed by atoms with Gasteiger partial charge in [-0.25, -0.2) is 4.79 Å². The molecule has 0 saturated heterocycles. The molecule has 0 spiro atoms. The largest absolute Gasteiger partial charge is 0.478 e. The Bertz CT molecular complexity index is 753. The van der Waals surface area contributed by atoms with E-state index in [1.807, 2.05) is 32.9 Å². The molecule has 5 heteroatoms. The maximum absolute atomic E-state index is 11.0. The third-order valence-corrected chi connectivity index (χ3v) is 2.97. The first-order valence-corrected chi connectivity index (χ1v) is 7.42. The molecule has 0 aliphatic rings. The molecule has 0 fully saturated rings. The number of rotatable bonds is 5. The fourth-order valence-corrected chi connectivity index (χ4v) is 1.84. The molecule has 0 amide bonds. The molecule has 1 heterocycles. The summed E-state index contributed by atoms with van der Waals surface area (Å²) in [4.78, 5) is 15.3. The molecule has 24 heavy (non-hydrogen) atoms. The van der Waals surface area contributed by atoms with Crippen molar-refractivity contribution in [1.82, 2.24) is 10.1 Å². The Morgan fingerprint density at radius 2 is 1.96 bits per heavy atom. The lowest BCUT2D eigenvalue weighted by Crippen LogP contribution is -1.96. The molecule has 0 saturated carbocycles. The third kappa shape index (κ3) is 5.68. The summed E-state index contributed by atoms with van der Waals surface area (Å²) >= 11 is 0. The first-order valence-electron chi connectivity index (χ1n) is 7.42. The molecular formula is C19H22N2O3. The number of carbonyl (C=O) groups is 1. The van der Waals surface area contributed by atoms with Crippen LogP contribution in [0.1, 0.15) is 37.0 Å². The Hall–Kier alpha value is -2.95. The molecule has 1 aromatic heterocycles. The smallest absolute Gasteiger partial charge is 0.335 e. The van der Waals surface area contributed by atoms with E-state index in [1.54, 1.807) is 12.1 Å².